The van der Waals surface area contributed by atoms with Crippen molar-refractivity contribution >= 4 is 62.7 Å². The van der Waals surface area contributed by atoms with Crippen molar-refractivity contribution in [3.05, 3.63) is 67.7 Å². The first kappa shape index (κ1) is 32.7. The van der Waals surface area contributed by atoms with Crippen LogP contribution < -0.4 is 11.1 Å². The molecule has 0 aliphatic heterocycles. The molecular formula is C24H21BrCl2F7N3O2. The molecular weight excluding hydrogens is 646 g/mol. The molecule has 2 aromatic carbocycles. The fraction of sp³-hybridized carbons (Fsp3) is 0.333. The highest BCUT2D eigenvalue weighted by atomic mass is 79.9. The Kier molecular flexibility index (Phi) is 10.0. The molecule has 0 radical (unpaired) electrons. The van der Waals surface area contributed by atoms with Crippen molar-refractivity contribution in [3.63, 3.8) is 0 Å². The van der Waals surface area contributed by atoms with Crippen LogP contribution in [0.3, 0.4) is 0 Å². The molecule has 0 aromatic heterocycles. The van der Waals surface area contributed by atoms with Crippen LogP contribution in [0, 0.1) is 0 Å². The number of aliphatic imine (C=N–C) groups is 1. The Balaban J connectivity index is 2.38. The number of hydrogen-bond acceptors (Lipinski definition) is 4. The fourth-order valence-corrected chi connectivity index (χ4v) is 4.22. The zero-order valence-electron chi connectivity index (χ0n) is 20.4. The number of nitrogens with one attached hydrogen (secondary N) is 1. The Hall–Kier alpha value is -2.51. The number of hydrogen-bond donors (Lipinski definition) is 2. The van der Waals surface area contributed by atoms with Gasteiger partial charge in [-0.3, -0.25) is 4.99 Å². The van der Waals surface area contributed by atoms with Crippen molar-refractivity contribution < 1.29 is 40.3 Å². The molecule has 3 N–H and O–H groups in total. The SMILES string of the molecule is CC(C)(C)OC(=O)NCc1cc(C(C=Nc2c(Cl)cc(C(F)(C(F)(F)F)C(F)(F)F)cc2Br)=CN)ccc1Cl. The van der Waals surface area contributed by atoms with Crippen LogP contribution >= 0.6 is 39.1 Å². The number of halogens is 10. The maximum atomic E-state index is 14.4. The standard InChI is InChI=1S/C24H21BrCl2F7N3O2/c1-21(2,3)39-20(38)37-10-13-6-12(4-5-17(13)26)14(9-35)11-36-19-16(25)7-15(8-18(19)27)22(28,23(29,30)31)24(32,33)34/h4-9,11H,10,35H2,1-3H3,(H,37,38). The van der Waals surface area contributed by atoms with Crippen LogP contribution in [-0.4, -0.2) is 30.3 Å². The third kappa shape index (κ3) is 7.79. The van der Waals surface area contributed by atoms with E-state index in [9.17, 15) is 35.5 Å². The van der Waals surface area contributed by atoms with Crippen LogP contribution in [-0.2, 0) is 17.0 Å². The number of alkyl carbamates (subject to hydrolysis) is 1. The molecule has 39 heavy (non-hydrogen) atoms. The Morgan fingerprint density at radius 3 is 2.10 bits per heavy atom. The Morgan fingerprint density at radius 1 is 1.03 bits per heavy atom. The van der Waals surface area contributed by atoms with Gasteiger partial charge in [0.2, 0.25) is 0 Å². The van der Waals surface area contributed by atoms with Gasteiger partial charge in [-0.15, -0.1) is 0 Å². The van der Waals surface area contributed by atoms with Gasteiger partial charge in [-0.2, -0.15) is 26.3 Å². The molecule has 2 aromatic rings. The molecule has 0 atom stereocenters. The number of nitrogens with zero attached hydrogens (tertiary/aromatic N) is 1. The number of alkyl halides is 7. The van der Waals surface area contributed by atoms with Gasteiger partial charge in [-0.05, 0) is 72.1 Å². The number of carbonyl (C=O) groups is 1. The second-order valence-electron chi connectivity index (χ2n) is 8.98. The molecule has 0 unspecified atom stereocenters. The number of ether oxygens (including phenoxy) is 1. The highest BCUT2D eigenvalue weighted by molar-refractivity contribution is 9.10. The van der Waals surface area contributed by atoms with E-state index in [2.05, 4.69) is 26.2 Å². The minimum atomic E-state index is -6.31. The van der Waals surface area contributed by atoms with Crippen molar-refractivity contribution in [1.82, 2.24) is 5.32 Å². The second-order valence-corrected chi connectivity index (χ2v) is 10.7. The van der Waals surface area contributed by atoms with E-state index in [1.165, 1.54) is 6.07 Å². The lowest BCUT2D eigenvalue weighted by molar-refractivity contribution is -0.348. The van der Waals surface area contributed by atoms with E-state index in [0.29, 0.717) is 22.2 Å². The monoisotopic (exact) mass is 665 g/mol. The summed E-state index contributed by atoms with van der Waals surface area (Å²) >= 11 is 14.9. The largest absolute Gasteiger partial charge is 0.444 e. The molecule has 0 bridgehead atoms. The van der Waals surface area contributed by atoms with Gasteiger partial charge in [0.15, 0.2) is 0 Å². The molecule has 1 amide bonds. The first-order valence-electron chi connectivity index (χ1n) is 10.7. The molecule has 0 aliphatic rings. The summed E-state index contributed by atoms with van der Waals surface area (Å²) in [6.45, 7) is 5.06. The van der Waals surface area contributed by atoms with Gasteiger partial charge < -0.3 is 15.8 Å². The summed E-state index contributed by atoms with van der Waals surface area (Å²) in [4.78, 5) is 16.0. The van der Waals surface area contributed by atoms with Crippen molar-refractivity contribution in [2.24, 2.45) is 10.7 Å². The van der Waals surface area contributed by atoms with Gasteiger partial charge in [-0.1, -0.05) is 29.3 Å². The molecule has 214 valence electrons. The molecule has 0 fully saturated rings. The highest BCUT2D eigenvalue weighted by Crippen LogP contribution is 2.54. The Bertz CT molecular complexity index is 1250. The van der Waals surface area contributed by atoms with Gasteiger partial charge in [-0.25, -0.2) is 9.18 Å². The fourth-order valence-electron chi connectivity index (χ4n) is 3.10. The summed E-state index contributed by atoms with van der Waals surface area (Å²) in [7, 11) is 0. The average molecular weight is 667 g/mol. The predicted molar refractivity (Wildman–Crippen MR) is 139 cm³/mol. The van der Waals surface area contributed by atoms with E-state index in [-0.39, 0.29) is 23.9 Å². The van der Waals surface area contributed by atoms with Crippen LogP contribution in [0.5, 0.6) is 0 Å². The Morgan fingerprint density at radius 2 is 1.62 bits per heavy atom. The van der Waals surface area contributed by atoms with Gasteiger partial charge >= 0.3 is 24.1 Å². The third-order valence-electron chi connectivity index (χ3n) is 4.91. The quantitative estimate of drug-likeness (QED) is 0.239. The normalized spacial score (nSPS) is 13.6. The minimum absolute atomic E-state index is 0.0151. The van der Waals surface area contributed by atoms with E-state index in [4.69, 9.17) is 33.7 Å². The van der Waals surface area contributed by atoms with Crippen LogP contribution in [0.25, 0.3) is 5.57 Å². The average Bonchev–Trinajstić information content (AvgIpc) is 2.77. The number of carbonyl (C=O) groups excluding carboxylic acids is 1. The lowest BCUT2D eigenvalue weighted by Crippen LogP contribution is -2.50. The lowest BCUT2D eigenvalue weighted by atomic mass is 9.94. The van der Waals surface area contributed by atoms with Crippen molar-refractivity contribution in [1.29, 1.82) is 0 Å². The van der Waals surface area contributed by atoms with Gasteiger partial charge in [0.25, 0.3) is 0 Å². The first-order valence-corrected chi connectivity index (χ1v) is 12.3. The van der Waals surface area contributed by atoms with Crippen LogP contribution in [0.4, 0.5) is 41.2 Å². The van der Waals surface area contributed by atoms with Gasteiger partial charge in [0.1, 0.15) is 5.60 Å². The van der Waals surface area contributed by atoms with Gasteiger partial charge in [0.05, 0.1) is 10.7 Å². The number of nitrogens with two attached hydrogens (primary N) is 1. The van der Waals surface area contributed by atoms with Crippen LogP contribution in [0.1, 0.15) is 37.5 Å². The summed E-state index contributed by atoms with van der Waals surface area (Å²) in [5.74, 6) is 0. The van der Waals surface area contributed by atoms with E-state index in [1.807, 2.05) is 0 Å². The first-order chi connectivity index (χ1) is 17.7. The zero-order valence-corrected chi connectivity index (χ0v) is 23.5. The molecule has 0 saturated heterocycles. The van der Waals surface area contributed by atoms with E-state index >= 15 is 0 Å². The zero-order chi connectivity index (χ0) is 30.0. The van der Waals surface area contributed by atoms with Crippen molar-refractivity contribution in [2.45, 2.75) is 50.9 Å². The molecule has 0 heterocycles. The Labute approximate surface area is 237 Å². The predicted octanol–water partition coefficient (Wildman–Crippen LogP) is 8.77. The van der Waals surface area contributed by atoms with Crippen LogP contribution in [0.15, 0.2) is 46.0 Å². The number of benzene rings is 2. The summed E-state index contributed by atoms with van der Waals surface area (Å²) < 4.78 is 97.9. The summed E-state index contributed by atoms with van der Waals surface area (Å²) in [6.07, 6.45) is -11.0. The number of rotatable bonds is 6. The molecule has 0 aliphatic carbocycles. The van der Waals surface area contributed by atoms with Crippen molar-refractivity contribution in [2.75, 3.05) is 0 Å². The molecule has 0 saturated carbocycles. The van der Waals surface area contributed by atoms with E-state index in [0.717, 1.165) is 12.4 Å². The minimum Gasteiger partial charge on any atom is -0.444 e. The van der Waals surface area contributed by atoms with Gasteiger partial charge in [0, 0.05) is 39.6 Å². The topological polar surface area (TPSA) is 76.7 Å². The highest BCUT2D eigenvalue weighted by Gasteiger charge is 2.73. The molecule has 5 nitrogen and oxygen atoms in total. The summed E-state index contributed by atoms with van der Waals surface area (Å²) in [5.41, 5.74) is -1.62. The molecule has 0 spiro atoms. The molecule has 15 heteroatoms. The molecule has 2 rings (SSSR count). The smallest absolute Gasteiger partial charge is 0.435 e. The van der Waals surface area contributed by atoms with E-state index in [1.54, 1.807) is 32.9 Å². The third-order valence-corrected chi connectivity index (χ3v) is 6.17. The number of allylic oxidation sites excluding steroid dienone is 1. The maximum Gasteiger partial charge on any atom is 0.435 e. The lowest BCUT2D eigenvalue weighted by Gasteiger charge is -2.30. The number of amides is 1. The van der Waals surface area contributed by atoms with Crippen molar-refractivity contribution in [3.8, 4) is 0 Å². The summed E-state index contributed by atoms with van der Waals surface area (Å²) in [6, 6.07) is 5.12. The van der Waals surface area contributed by atoms with Crippen LogP contribution in [0.2, 0.25) is 10.0 Å². The van der Waals surface area contributed by atoms with E-state index < -0.39 is 44.8 Å². The second kappa shape index (κ2) is 11.9. The summed E-state index contributed by atoms with van der Waals surface area (Å²) in [5, 5.41) is 2.15. The maximum absolute atomic E-state index is 14.4.